The van der Waals surface area contributed by atoms with Crippen LogP contribution in [-0.2, 0) is 14.8 Å². The lowest BCUT2D eigenvalue weighted by Gasteiger charge is -2.10. The number of sulfonamides is 1. The van der Waals surface area contributed by atoms with Gasteiger partial charge in [-0.25, -0.2) is 13.6 Å². The van der Waals surface area contributed by atoms with E-state index in [9.17, 15) is 13.2 Å². The highest BCUT2D eigenvalue weighted by atomic mass is 32.2. The zero-order valence-electron chi connectivity index (χ0n) is 13.5. The topological polar surface area (TPSA) is 98.5 Å². The van der Waals surface area contributed by atoms with Crippen LogP contribution < -0.4 is 15.2 Å². The van der Waals surface area contributed by atoms with Crippen molar-refractivity contribution in [1.82, 2.24) is 0 Å². The first-order valence-corrected chi connectivity index (χ1v) is 8.96. The molecule has 0 aliphatic carbocycles. The Morgan fingerprint density at radius 1 is 1.17 bits per heavy atom. The molecule has 0 heterocycles. The Hall–Kier alpha value is -2.38. The van der Waals surface area contributed by atoms with Gasteiger partial charge < -0.3 is 10.1 Å². The number of carbonyl (C=O) groups is 1. The smallest absolute Gasteiger partial charge is 0.262 e. The van der Waals surface area contributed by atoms with E-state index in [4.69, 9.17) is 9.88 Å². The molecule has 24 heavy (non-hydrogen) atoms. The number of amides is 1. The van der Waals surface area contributed by atoms with E-state index in [0.717, 1.165) is 5.56 Å². The third-order valence-electron chi connectivity index (χ3n) is 3.36. The second kappa shape index (κ2) is 7.46. The maximum atomic E-state index is 11.9. The summed E-state index contributed by atoms with van der Waals surface area (Å²) in [5.41, 5.74) is 1.60. The highest BCUT2D eigenvalue weighted by Gasteiger charge is 2.09. The van der Waals surface area contributed by atoms with Gasteiger partial charge in [-0.2, -0.15) is 0 Å². The summed E-state index contributed by atoms with van der Waals surface area (Å²) in [4.78, 5) is 11.9. The molecule has 2 rings (SSSR count). The molecular formula is C17H20N2O4S. The summed E-state index contributed by atoms with van der Waals surface area (Å²) >= 11 is 0. The van der Waals surface area contributed by atoms with Gasteiger partial charge >= 0.3 is 0 Å². The van der Waals surface area contributed by atoms with E-state index in [-0.39, 0.29) is 17.4 Å². The molecule has 0 bridgehead atoms. The molecule has 6 nitrogen and oxygen atoms in total. The van der Waals surface area contributed by atoms with E-state index in [1.54, 1.807) is 6.07 Å². The van der Waals surface area contributed by atoms with Crippen LogP contribution in [0.15, 0.2) is 53.4 Å². The van der Waals surface area contributed by atoms with Crippen molar-refractivity contribution in [3.05, 3.63) is 54.1 Å². The summed E-state index contributed by atoms with van der Waals surface area (Å²) in [7, 11) is -3.74. The van der Waals surface area contributed by atoms with Gasteiger partial charge in [0.2, 0.25) is 10.0 Å². The number of carbonyl (C=O) groups excluding carboxylic acids is 1. The molecule has 0 saturated heterocycles. The van der Waals surface area contributed by atoms with Gasteiger partial charge in [0, 0.05) is 5.69 Å². The van der Waals surface area contributed by atoms with E-state index in [1.165, 1.54) is 24.3 Å². The number of rotatable bonds is 6. The second-order valence-corrected chi connectivity index (χ2v) is 7.19. The van der Waals surface area contributed by atoms with Crippen LogP contribution in [0, 0.1) is 0 Å². The molecule has 3 N–H and O–H groups in total. The standard InChI is InChI=1S/C17H20N2O4S/c1-12(2)13-4-3-5-15(10-13)23-11-17(20)19-14-6-8-16(9-7-14)24(18,21)22/h3-10,12H,11H2,1-2H3,(H,19,20)(H2,18,21,22). The fourth-order valence-corrected chi connectivity index (χ4v) is 2.55. The maximum absolute atomic E-state index is 11.9. The van der Waals surface area contributed by atoms with Crippen molar-refractivity contribution in [2.45, 2.75) is 24.7 Å². The highest BCUT2D eigenvalue weighted by molar-refractivity contribution is 7.89. The molecule has 0 radical (unpaired) electrons. The Bertz CT molecular complexity index is 815. The first-order chi connectivity index (χ1) is 11.3. The van der Waals surface area contributed by atoms with Crippen molar-refractivity contribution in [2.24, 2.45) is 5.14 Å². The van der Waals surface area contributed by atoms with Gasteiger partial charge in [0.25, 0.3) is 5.91 Å². The Morgan fingerprint density at radius 2 is 1.83 bits per heavy atom. The molecule has 0 aliphatic rings. The van der Waals surface area contributed by atoms with Gasteiger partial charge in [0.15, 0.2) is 6.61 Å². The number of hydrogen-bond acceptors (Lipinski definition) is 4. The zero-order chi connectivity index (χ0) is 17.7. The van der Waals surface area contributed by atoms with Crippen LogP contribution in [-0.4, -0.2) is 20.9 Å². The van der Waals surface area contributed by atoms with Gasteiger partial charge in [-0.3, -0.25) is 4.79 Å². The monoisotopic (exact) mass is 348 g/mol. The summed E-state index contributed by atoms with van der Waals surface area (Å²) in [5.74, 6) is 0.661. The summed E-state index contributed by atoms with van der Waals surface area (Å²) in [6, 6.07) is 13.2. The van der Waals surface area contributed by atoms with Gasteiger partial charge in [0.1, 0.15) is 5.75 Å². The molecule has 0 fully saturated rings. The largest absolute Gasteiger partial charge is 0.484 e. The molecule has 7 heteroatoms. The van der Waals surface area contributed by atoms with Crippen molar-refractivity contribution in [2.75, 3.05) is 11.9 Å². The first kappa shape index (κ1) is 18.0. The molecule has 128 valence electrons. The number of primary sulfonamides is 1. The Morgan fingerprint density at radius 3 is 2.42 bits per heavy atom. The Kier molecular flexibility index (Phi) is 5.58. The van der Waals surface area contributed by atoms with Crippen LogP contribution in [0.4, 0.5) is 5.69 Å². The minimum atomic E-state index is -3.74. The number of nitrogens with two attached hydrogens (primary N) is 1. The molecule has 0 saturated carbocycles. The maximum Gasteiger partial charge on any atom is 0.262 e. The number of benzene rings is 2. The average Bonchev–Trinajstić information content (AvgIpc) is 2.53. The lowest BCUT2D eigenvalue weighted by Crippen LogP contribution is -2.20. The predicted octanol–water partition coefficient (Wildman–Crippen LogP) is 2.47. The van der Waals surface area contributed by atoms with E-state index in [2.05, 4.69) is 19.2 Å². The highest BCUT2D eigenvalue weighted by Crippen LogP contribution is 2.20. The summed E-state index contributed by atoms with van der Waals surface area (Å²) in [6.45, 7) is 4.02. The molecule has 0 aromatic heterocycles. The molecule has 2 aromatic carbocycles. The summed E-state index contributed by atoms with van der Waals surface area (Å²) in [5, 5.41) is 7.65. The molecule has 0 unspecified atom stereocenters. The van der Waals surface area contributed by atoms with Crippen molar-refractivity contribution in [1.29, 1.82) is 0 Å². The van der Waals surface area contributed by atoms with Crippen LogP contribution >= 0.6 is 0 Å². The lowest BCUT2D eigenvalue weighted by atomic mass is 10.0. The molecule has 0 aliphatic heterocycles. The van der Waals surface area contributed by atoms with E-state index in [1.807, 2.05) is 18.2 Å². The van der Waals surface area contributed by atoms with Gasteiger partial charge in [-0.05, 0) is 47.9 Å². The fraction of sp³-hybridized carbons (Fsp3) is 0.235. The predicted molar refractivity (Wildman–Crippen MR) is 92.5 cm³/mol. The van der Waals surface area contributed by atoms with Crippen molar-refractivity contribution < 1.29 is 17.9 Å². The third kappa shape index (κ3) is 5.07. The van der Waals surface area contributed by atoms with Crippen LogP contribution in [0.3, 0.4) is 0 Å². The Balaban J connectivity index is 1.93. The first-order valence-electron chi connectivity index (χ1n) is 7.41. The van der Waals surface area contributed by atoms with Crippen LogP contribution in [0.1, 0.15) is 25.3 Å². The second-order valence-electron chi connectivity index (χ2n) is 5.63. The van der Waals surface area contributed by atoms with Crippen molar-refractivity contribution in [3.63, 3.8) is 0 Å². The van der Waals surface area contributed by atoms with Gasteiger partial charge in [-0.1, -0.05) is 26.0 Å². The number of ether oxygens (including phenoxy) is 1. The average molecular weight is 348 g/mol. The normalized spacial score (nSPS) is 11.3. The number of nitrogens with one attached hydrogen (secondary N) is 1. The minimum Gasteiger partial charge on any atom is -0.484 e. The van der Waals surface area contributed by atoms with Crippen molar-refractivity contribution >= 4 is 21.6 Å². The summed E-state index contributed by atoms with van der Waals surface area (Å²) < 4.78 is 27.8. The van der Waals surface area contributed by atoms with Crippen LogP contribution in [0.5, 0.6) is 5.75 Å². The molecule has 0 spiro atoms. The SMILES string of the molecule is CC(C)c1cccc(OCC(=O)Nc2ccc(S(N)(=O)=O)cc2)c1. The number of hydrogen-bond donors (Lipinski definition) is 2. The quantitative estimate of drug-likeness (QED) is 0.838. The van der Waals surface area contributed by atoms with E-state index < -0.39 is 10.0 Å². The zero-order valence-corrected chi connectivity index (χ0v) is 14.3. The lowest BCUT2D eigenvalue weighted by molar-refractivity contribution is -0.118. The number of anilines is 1. The fourth-order valence-electron chi connectivity index (χ4n) is 2.04. The summed E-state index contributed by atoms with van der Waals surface area (Å²) in [6.07, 6.45) is 0. The molecule has 1 amide bonds. The molecule has 0 atom stereocenters. The van der Waals surface area contributed by atoms with Gasteiger partial charge in [-0.15, -0.1) is 0 Å². The van der Waals surface area contributed by atoms with Crippen LogP contribution in [0.2, 0.25) is 0 Å². The molecular weight excluding hydrogens is 328 g/mol. The molecule has 2 aromatic rings. The van der Waals surface area contributed by atoms with Gasteiger partial charge in [0.05, 0.1) is 4.90 Å². The minimum absolute atomic E-state index is 0.0118. The van der Waals surface area contributed by atoms with E-state index in [0.29, 0.717) is 17.4 Å². The Labute approximate surface area is 141 Å². The van der Waals surface area contributed by atoms with Crippen molar-refractivity contribution in [3.8, 4) is 5.75 Å². The van der Waals surface area contributed by atoms with Crippen LogP contribution in [0.25, 0.3) is 0 Å². The van der Waals surface area contributed by atoms with E-state index >= 15 is 0 Å². The third-order valence-corrected chi connectivity index (χ3v) is 4.29.